The summed E-state index contributed by atoms with van der Waals surface area (Å²) in [4.78, 5) is 0. The summed E-state index contributed by atoms with van der Waals surface area (Å²) in [7, 11) is 0. The second-order valence-corrected chi connectivity index (χ2v) is 8.18. The van der Waals surface area contributed by atoms with E-state index in [0.717, 1.165) is 57.1 Å². The van der Waals surface area contributed by atoms with E-state index in [1.165, 1.54) is 6.42 Å². The third kappa shape index (κ3) is 5.26. The lowest BCUT2D eigenvalue weighted by atomic mass is 9.64. The van der Waals surface area contributed by atoms with E-state index in [2.05, 4.69) is 23.8 Å². The van der Waals surface area contributed by atoms with Crippen molar-refractivity contribution in [1.82, 2.24) is 0 Å². The van der Waals surface area contributed by atoms with Crippen LogP contribution in [0.15, 0.2) is 24.3 Å². The van der Waals surface area contributed by atoms with Crippen LogP contribution in [0.3, 0.4) is 0 Å². The van der Waals surface area contributed by atoms with Crippen LogP contribution in [0.4, 0.5) is 22.0 Å². The van der Waals surface area contributed by atoms with Crippen LogP contribution in [0.1, 0.15) is 69.8 Å². The van der Waals surface area contributed by atoms with Crippen LogP contribution in [0, 0.1) is 29.4 Å². The molecule has 1 unspecified atom stereocenters. The number of hydrogen-bond donors (Lipinski definition) is 0. The molecule has 28 heavy (non-hydrogen) atoms. The maximum Gasteiger partial charge on any atom is 0.573 e. The van der Waals surface area contributed by atoms with Crippen LogP contribution in [0.2, 0.25) is 0 Å². The first-order valence-electron chi connectivity index (χ1n) is 10.2. The number of benzene rings is 1. The third-order valence-corrected chi connectivity index (χ3v) is 6.23. The van der Waals surface area contributed by atoms with Gasteiger partial charge in [-0.15, -0.1) is 13.2 Å². The van der Waals surface area contributed by atoms with Gasteiger partial charge in [0, 0.05) is 0 Å². The normalized spacial score (nSPS) is 28.4. The molecule has 0 saturated heterocycles. The molecule has 0 radical (unpaired) electrons. The van der Waals surface area contributed by atoms with Crippen LogP contribution in [-0.2, 0) is 0 Å². The maximum atomic E-state index is 14.1. The number of allylic oxidation sites excluding steroid dienone is 2. The van der Waals surface area contributed by atoms with Gasteiger partial charge in [0.05, 0.1) is 0 Å². The van der Waals surface area contributed by atoms with Crippen molar-refractivity contribution < 1.29 is 26.7 Å². The summed E-state index contributed by atoms with van der Waals surface area (Å²) in [5.41, 5.74) is 0.438. The Morgan fingerprint density at radius 1 is 1.00 bits per heavy atom. The molecule has 0 spiro atoms. The van der Waals surface area contributed by atoms with Crippen molar-refractivity contribution in [1.29, 1.82) is 0 Å². The second-order valence-electron chi connectivity index (χ2n) is 8.18. The standard InChI is InChI=1S/C22H27F5O/c1-2-3-4-5-14-6-7-16-11-17(9-8-15(16)10-14)18-12-19(23)21(20(24)13-18)28-22(25,26)27/h4-5,12-17H,2-3,6-11H2,1H3/t14-,15-,16-,17?/m1/s1. The molecule has 6 heteroatoms. The van der Waals surface area contributed by atoms with Gasteiger partial charge in [-0.05, 0) is 86.3 Å². The van der Waals surface area contributed by atoms with Gasteiger partial charge in [-0.2, -0.15) is 0 Å². The lowest BCUT2D eigenvalue weighted by molar-refractivity contribution is -0.276. The van der Waals surface area contributed by atoms with Crippen LogP contribution in [-0.4, -0.2) is 6.36 Å². The largest absolute Gasteiger partial charge is 0.573 e. The Kier molecular flexibility index (Phi) is 6.66. The Labute approximate surface area is 163 Å². The number of fused-ring (bicyclic) bond motifs is 1. The van der Waals surface area contributed by atoms with Crippen molar-refractivity contribution in [2.45, 2.75) is 70.6 Å². The molecule has 1 aromatic rings. The summed E-state index contributed by atoms with van der Waals surface area (Å²) in [5.74, 6) is -2.20. The van der Waals surface area contributed by atoms with Gasteiger partial charge in [0.2, 0.25) is 5.75 Å². The topological polar surface area (TPSA) is 9.23 Å². The van der Waals surface area contributed by atoms with Crippen molar-refractivity contribution in [3.05, 3.63) is 41.5 Å². The molecule has 2 fully saturated rings. The zero-order chi connectivity index (χ0) is 20.3. The van der Waals surface area contributed by atoms with E-state index >= 15 is 0 Å². The first-order chi connectivity index (χ1) is 13.3. The van der Waals surface area contributed by atoms with Crippen molar-refractivity contribution >= 4 is 0 Å². The maximum absolute atomic E-state index is 14.1. The smallest absolute Gasteiger partial charge is 0.399 e. The molecule has 0 bridgehead atoms. The highest BCUT2D eigenvalue weighted by Crippen LogP contribution is 2.48. The lowest BCUT2D eigenvalue weighted by Crippen LogP contribution is -2.30. The fourth-order valence-electron chi connectivity index (χ4n) is 4.89. The molecule has 0 heterocycles. The summed E-state index contributed by atoms with van der Waals surface area (Å²) in [5, 5.41) is 0. The quantitative estimate of drug-likeness (QED) is 0.366. The molecular formula is C22H27F5O. The van der Waals surface area contributed by atoms with Gasteiger partial charge in [-0.1, -0.05) is 25.5 Å². The number of hydrogen-bond acceptors (Lipinski definition) is 1. The zero-order valence-electron chi connectivity index (χ0n) is 16.1. The predicted molar refractivity (Wildman–Crippen MR) is 98.0 cm³/mol. The first-order valence-corrected chi connectivity index (χ1v) is 10.2. The van der Waals surface area contributed by atoms with Crippen LogP contribution in [0.25, 0.3) is 0 Å². The van der Waals surface area contributed by atoms with E-state index < -0.39 is 23.7 Å². The van der Waals surface area contributed by atoms with E-state index in [1.807, 2.05) is 0 Å². The van der Waals surface area contributed by atoms with E-state index in [9.17, 15) is 22.0 Å². The lowest BCUT2D eigenvalue weighted by Gasteiger charge is -2.42. The summed E-state index contributed by atoms with van der Waals surface area (Å²) >= 11 is 0. The predicted octanol–water partition coefficient (Wildman–Crippen LogP) is 7.52. The van der Waals surface area contributed by atoms with Gasteiger partial charge in [0.1, 0.15) is 0 Å². The highest BCUT2D eigenvalue weighted by atomic mass is 19.4. The molecule has 3 rings (SSSR count). The molecule has 2 aliphatic rings. The van der Waals surface area contributed by atoms with Gasteiger partial charge in [0.25, 0.3) is 0 Å². The van der Waals surface area contributed by atoms with Crippen LogP contribution >= 0.6 is 0 Å². The van der Waals surface area contributed by atoms with E-state index in [-0.39, 0.29) is 5.92 Å². The van der Waals surface area contributed by atoms with Gasteiger partial charge in [-0.25, -0.2) is 8.78 Å². The zero-order valence-corrected chi connectivity index (χ0v) is 16.1. The van der Waals surface area contributed by atoms with Gasteiger partial charge < -0.3 is 4.74 Å². The van der Waals surface area contributed by atoms with Crippen molar-refractivity contribution in [2.24, 2.45) is 17.8 Å². The fourth-order valence-corrected chi connectivity index (χ4v) is 4.89. The summed E-state index contributed by atoms with van der Waals surface area (Å²) in [6.07, 6.45) is 7.80. The average molecular weight is 402 g/mol. The van der Waals surface area contributed by atoms with Crippen LogP contribution < -0.4 is 4.74 Å². The van der Waals surface area contributed by atoms with E-state index in [4.69, 9.17) is 0 Å². The Bertz CT molecular complexity index is 674. The Balaban J connectivity index is 1.65. The van der Waals surface area contributed by atoms with E-state index in [1.54, 1.807) is 0 Å². The molecule has 0 aliphatic heterocycles. The van der Waals surface area contributed by atoms with Gasteiger partial charge >= 0.3 is 6.36 Å². The number of halogens is 5. The highest BCUT2D eigenvalue weighted by molar-refractivity contribution is 5.33. The molecule has 2 saturated carbocycles. The number of unbranched alkanes of at least 4 members (excludes halogenated alkanes) is 1. The van der Waals surface area contributed by atoms with Gasteiger partial charge in [-0.3, -0.25) is 0 Å². The molecule has 0 amide bonds. The SMILES string of the molecule is CCCC=C[C@@H]1CC[C@@H]2CC(c3cc(F)c(OC(F)(F)F)c(F)c3)CC[C@@H]2C1. The first kappa shape index (κ1) is 21.1. The van der Waals surface area contributed by atoms with Crippen molar-refractivity contribution in [2.75, 3.05) is 0 Å². The molecule has 0 N–H and O–H groups in total. The number of rotatable bonds is 5. The average Bonchev–Trinajstić information content (AvgIpc) is 2.63. The molecule has 0 aromatic heterocycles. The fraction of sp³-hybridized carbons (Fsp3) is 0.636. The van der Waals surface area contributed by atoms with Crippen molar-refractivity contribution in [3.63, 3.8) is 0 Å². The molecule has 4 atom stereocenters. The minimum Gasteiger partial charge on any atom is -0.399 e. The van der Waals surface area contributed by atoms with Crippen LogP contribution in [0.5, 0.6) is 5.75 Å². The molecule has 1 nitrogen and oxygen atoms in total. The second kappa shape index (κ2) is 8.83. The minimum absolute atomic E-state index is 0.0163. The highest BCUT2D eigenvalue weighted by Gasteiger charge is 2.37. The Morgan fingerprint density at radius 2 is 1.64 bits per heavy atom. The monoisotopic (exact) mass is 402 g/mol. The van der Waals surface area contributed by atoms with Crippen molar-refractivity contribution in [3.8, 4) is 5.75 Å². The summed E-state index contributed by atoms with van der Waals surface area (Å²) in [6.45, 7) is 2.16. The van der Waals surface area contributed by atoms with E-state index in [0.29, 0.717) is 23.3 Å². The number of alkyl halides is 3. The number of ether oxygens (including phenoxy) is 1. The minimum atomic E-state index is -5.12. The summed E-state index contributed by atoms with van der Waals surface area (Å²) in [6, 6.07) is 2.02. The molecule has 1 aromatic carbocycles. The Hall–Kier alpha value is -1.59. The molecule has 2 aliphatic carbocycles. The third-order valence-electron chi connectivity index (χ3n) is 6.23. The molecule has 156 valence electrons. The Morgan fingerprint density at radius 3 is 2.29 bits per heavy atom. The molecular weight excluding hydrogens is 375 g/mol. The van der Waals surface area contributed by atoms with Gasteiger partial charge in [0.15, 0.2) is 11.6 Å². The summed E-state index contributed by atoms with van der Waals surface area (Å²) < 4.78 is 68.5.